The number of allylic oxidation sites excluding steroid dienone is 4. The van der Waals surface area contributed by atoms with Gasteiger partial charge in [-0.1, -0.05) is 95.4 Å². The van der Waals surface area contributed by atoms with Crippen molar-refractivity contribution in [3.05, 3.63) is 23.4 Å². The van der Waals surface area contributed by atoms with Crippen LogP contribution >= 0.6 is 0 Å². The molecule has 0 aromatic heterocycles. The van der Waals surface area contributed by atoms with Crippen LogP contribution in [-0.2, 0) is 0 Å². The molecule has 0 aliphatic carbocycles. The largest absolute Gasteiger partial charge is 0.0853 e. The molecule has 0 fully saturated rings. The summed E-state index contributed by atoms with van der Waals surface area (Å²) in [6, 6.07) is 0. The van der Waals surface area contributed by atoms with Crippen molar-refractivity contribution < 1.29 is 0 Å². The van der Waals surface area contributed by atoms with Gasteiger partial charge in [0.2, 0.25) is 0 Å². The second-order valence-electron chi connectivity index (χ2n) is 7.01. The molecule has 0 heterocycles. The Morgan fingerprint density at radius 2 is 1.30 bits per heavy atom. The molecule has 0 nitrogen and oxygen atoms in total. The first kappa shape index (κ1) is 19.7. The van der Waals surface area contributed by atoms with Gasteiger partial charge in [-0.3, -0.25) is 0 Å². The van der Waals surface area contributed by atoms with Crippen molar-refractivity contribution in [1.82, 2.24) is 0 Å². The normalized spacial score (nSPS) is 13.3. The minimum atomic E-state index is -1.16. The Hall–Kier alpha value is -0.303. The average Bonchev–Trinajstić information content (AvgIpc) is 2.38. The first-order chi connectivity index (χ1) is 9.52. The standard InChI is InChI=1S/C19H38Si/c1-6-8-10-12-14-16-18-19(20(3,4)5)17-15-13-11-9-7-2/h16-18H,6-15H2,1-5H3/b18-16+,19-17-. The SMILES string of the molecule is CCCCCC/C=C(/C=C/CCCCCC)[Si](C)(C)C. The van der Waals surface area contributed by atoms with Gasteiger partial charge in [0.05, 0.1) is 8.07 Å². The molecular formula is C19H38Si. The molecule has 0 saturated carbocycles. The van der Waals surface area contributed by atoms with Crippen LogP contribution in [0.4, 0.5) is 0 Å². The highest BCUT2D eigenvalue weighted by atomic mass is 28.3. The van der Waals surface area contributed by atoms with Gasteiger partial charge in [-0.05, 0) is 25.7 Å². The number of rotatable bonds is 12. The Kier molecular flexibility index (Phi) is 12.2. The Morgan fingerprint density at radius 1 is 0.750 bits per heavy atom. The van der Waals surface area contributed by atoms with E-state index in [1.54, 1.807) is 5.20 Å². The number of hydrogen-bond donors (Lipinski definition) is 0. The third-order valence-corrected chi connectivity index (χ3v) is 5.91. The van der Waals surface area contributed by atoms with Crippen LogP contribution < -0.4 is 0 Å². The van der Waals surface area contributed by atoms with Gasteiger partial charge in [0.25, 0.3) is 0 Å². The molecule has 0 atom stereocenters. The van der Waals surface area contributed by atoms with Gasteiger partial charge in [-0.25, -0.2) is 0 Å². The molecule has 0 N–H and O–H groups in total. The van der Waals surface area contributed by atoms with Crippen LogP contribution in [0, 0.1) is 0 Å². The van der Waals surface area contributed by atoms with Crippen LogP contribution in [-0.4, -0.2) is 8.07 Å². The second-order valence-corrected chi connectivity index (χ2v) is 12.1. The molecule has 0 radical (unpaired) electrons. The van der Waals surface area contributed by atoms with E-state index in [0.29, 0.717) is 0 Å². The zero-order chi connectivity index (χ0) is 15.3. The van der Waals surface area contributed by atoms with Gasteiger partial charge < -0.3 is 0 Å². The van der Waals surface area contributed by atoms with Gasteiger partial charge in [0.1, 0.15) is 0 Å². The molecule has 0 aliphatic rings. The van der Waals surface area contributed by atoms with Gasteiger partial charge >= 0.3 is 0 Å². The van der Waals surface area contributed by atoms with E-state index in [1.807, 2.05) is 0 Å². The summed E-state index contributed by atoms with van der Waals surface area (Å²) in [7, 11) is -1.16. The molecule has 0 aromatic carbocycles. The Labute approximate surface area is 129 Å². The van der Waals surface area contributed by atoms with Crippen LogP contribution in [0.5, 0.6) is 0 Å². The van der Waals surface area contributed by atoms with Crippen molar-refractivity contribution in [1.29, 1.82) is 0 Å². The summed E-state index contributed by atoms with van der Waals surface area (Å²) in [4.78, 5) is 0. The van der Waals surface area contributed by atoms with E-state index >= 15 is 0 Å². The van der Waals surface area contributed by atoms with E-state index in [1.165, 1.54) is 64.2 Å². The van der Waals surface area contributed by atoms with Crippen LogP contribution in [0.25, 0.3) is 0 Å². The minimum absolute atomic E-state index is 1.16. The minimum Gasteiger partial charge on any atom is -0.0853 e. The highest BCUT2D eigenvalue weighted by Gasteiger charge is 2.16. The third kappa shape index (κ3) is 11.5. The Morgan fingerprint density at radius 3 is 1.80 bits per heavy atom. The molecule has 0 saturated heterocycles. The Balaban J connectivity index is 4.14. The predicted molar refractivity (Wildman–Crippen MR) is 98.1 cm³/mol. The van der Waals surface area contributed by atoms with E-state index in [-0.39, 0.29) is 0 Å². The quantitative estimate of drug-likeness (QED) is 0.201. The summed E-state index contributed by atoms with van der Waals surface area (Å²) < 4.78 is 0. The topological polar surface area (TPSA) is 0 Å². The van der Waals surface area contributed by atoms with E-state index in [9.17, 15) is 0 Å². The summed E-state index contributed by atoms with van der Waals surface area (Å²) in [6.45, 7) is 12.0. The molecule has 0 aliphatic heterocycles. The molecule has 0 aromatic rings. The fourth-order valence-corrected chi connectivity index (χ4v) is 3.73. The fraction of sp³-hybridized carbons (Fsp3) is 0.789. The highest BCUT2D eigenvalue weighted by Crippen LogP contribution is 2.18. The molecule has 20 heavy (non-hydrogen) atoms. The maximum atomic E-state index is 2.53. The van der Waals surface area contributed by atoms with E-state index in [4.69, 9.17) is 0 Å². The van der Waals surface area contributed by atoms with E-state index in [2.05, 4.69) is 51.7 Å². The first-order valence-corrected chi connectivity index (χ1v) is 12.4. The van der Waals surface area contributed by atoms with Crippen molar-refractivity contribution in [3.8, 4) is 0 Å². The third-order valence-electron chi connectivity index (χ3n) is 3.81. The van der Waals surface area contributed by atoms with Gasteiger partial charge in [-0.2, -0.15) is 0 Å². The molecule has 0 amide bonds. The highest BCUT2D eigenvalue weighted by molar-refractivity contribution is 6.83. The van der Waals surface area contributed by atoms with Gasteiger partial charge in [-0.15, -0.1) is 0 Å². The summed E-state index contributed by atoms with van der Waals surface area (Å²) in [6.07, 6.45) is 20.9. The number of unbranched alkanes of at least 4 members (excludes halogenated alkanes) is 8. The number of hydrogen-bond acceptors (Lipinski definition) is 0. The lowest BCUT2D eigenvalue weighted by atomic mass is 10.1. The van der Waals surface area contributed by atoms with Crippen molar-refractivity contribution >= 4 is 8.07 Å². The second kappa shape index (κ2) is 12.4. The molecule has 0 rings (SSSR count). The molecule has 1 heteroatoms. The lowest BCUT2D eigenvalue weighted by molar-refractivity contribution is 0.673. The van der Waals surface area contributed by atoms with E-state index < -0.39 is 8.07 Å². The molecule has 118 valence electrons. The van der Waals surface area contributed by atoms with Crippen molar-refractivity contribution in [2.45, 2.75) is 97.7 Å². The first-order valence-electron chi connectivity index (χ1n) is 8.89. The molecule has 0 bridgehead atoms. The summed E-state index contributed by atoms with van der Waals surface area (Å²) >= 11 is 0. The zero-order valence-electron chi connectivity index (χ0n) is 14.8. The molecule has 0 spiro atoms. The maximum Gasteiger partial charge on any atom is 0.0771 e. The zero-order valence-corrected chi connectivity index (χ0v) is 15.8. The molecular weight excluding hydrogens is 256 g/mol. The lowest BCUT2D eigenvalue weighted by Gasteiger charge is -2.18. The monoisotopic (exact) mass is 294 g/mol. The summed E-state index contributed by atoms with van der Waals surface area (Å²) in [5.74, 6) is 0. The van der Waals surface area contributed by atoms with Gasteiger partial charge in [0, 0.05) is 0 Å². The predicted octanol–water partition coefficient (Wildman–Crippen LogP) is 7.29. The van der Waals surface area contributed by atoms with Crippen molar-refractivity contribution in [2.24, 2.45) is 0 Å². The van der Waals surface area contributed by atoms with Crippen LogP contribution in [0.3, 0.4) is 0 Å². The summed E-state index contributed by atoms with van der Waals surface area (Å²) in [5.41, 5.74) is 0. The summed E-state index contributed by atoms with van der Waals surface area (Å²) in [5, 5.41) is 1.66. The van der Waals surface area contributed by atoms with Gasteiger partial charge in [0.15, 0.2) is 0 Å². The smallest absolute Gasteiger partial charge is 0.0771 e. The van der Waals surface area contributed by atoms with Crippen LogP contribution in [0.15, 0.2) is 23.4 Å². The maximum absolute atomic E-state index is 2.53. The lowest BCUT2D eigenvalue weighted by Crippen LogP contribution is -2.22. The van der Waals surface area contributed by atoms with Crippen LogP contribution in [0.2, 0.25) is 19.6 Å². The van der Waals surface area contributed by atoms with Crippen molar-refractivity contribution in [3.63, 3.8) is 0 Å². The fourth-order valence-electron chi connectivity index (χ4n) is 2.35. The molecule has 0 unspecified atom stereocenters. The van der Waals surface area contributed by atoms with Crippen molar-refractivity contribution in [2.75, 3.05) is 0 Å². The van der Waals surface area contributed by atoms with Crippen LogP contribution in [0.1, 0.15) is 78.1 Å². The van der Waals surface area contributed by atoms with E-state index in [0.717, 1.165) is 0 Å². The Bertz CT molecular complexity index is 268. The average molecular weight is 295 g/mol.